The Balaban J connectivity index is 0.00000242. The highest BCUT2D eigenvalue weighted by molar-refractivity contribution is 5.94. The Morgan fingerprint density at radius 2 is 1.82 bits per heavy atom. The number of carbonyl (C=O) groups is 1. The molecule has 124 valence electrons. The van der Waals surface area contributed by atoms with Crippen LogP contribution in [-0.4, -0.2) is 37.0 Å². The second kappa shape index (κ2) is 7.28. The van der Waals surface area contributed by atoms with Crippen molar-refractivity contribution in [2.75, 3.05) is 20.1 Å². The van der Waals surface area contributed by atoms with Crippen molar-refractivity contribution in [2.24, 2.45) is 0 Å². The third-order valence-corrected chi connectivity index (χ3v) is 3.65. The molecule has 0 radical (unpaired) electrons. The zero-order valence-electron chi connectivity index (χ0n) is 11.9. The molecule has 1 fully saturated rings. The SMILES string of the molecule is CN(C(=O)c1cc(F)cc(C(F)(F)F)c1)C1CCNCC1.Cl. The lowest BCUT2D eigenvalue weighted by Gasteiger charge is -2.31. The molecule has 8 heteroatoms. The number of rotatable bonds is 2. The number of piperidine rings is 1. The lowest BCUT2D eigenvalue weighted by atomic mass is 10.0. The van der Waals surface area contributed by atoms with E-state index in [4.69, 9.17) is 0 Å². The van der Waals surface area contributed by atoms with Crippen LogP contribution < -0.4 is 5.32 Å². The van der Waals surface area contributed by atoms with Crippen LogP contribution in [0.5, 0.6) is 0 Å². The molecule has 0 spiro atoms. The van der Waals surface area contributed by atoms with E-state index in [0.29, 0.717) is 12.1 Å². The Kier molecular flexibility index (Phi) is 6.19. The summed E-state index contributed by atoms with van der Waals surface area (Å²) in [6.07, 6.45) is -3.22. The number of halogens is 5. The third kappa shape index (κ3) is 4.33. The maximum absolute atomic E-state index is 13.3. The minimum absolute atomic E-state index is 0. The summed E-state index contributed by atoms with van der Waals surface area (Å²) in [5.41, 5.74) is -1.42. The lowest BCUT2D eigenvalue weighted by molar-refractivity contribution is -0.137. The van der Waals surface area contributed by atoms with Crippen LogP contribution in [0.25, 0.3) is 0 Å². The number of benzene rings is 1. The molecular weight excluding hydrogens is 324 g/mol. The molecule has 0 atom stereocenters. The predicted octanol–water partition coefficient (Wildman–Crippen LogP) is 3.09. The number of amides is 1. The zero-order valence-corrected chi connectivity index (χ0v) is 12.7. The smallest absolute Gasteiger partial charge is 0.339 e. The van der Waals surface area contributed by atoms with E-state index in [-0.39, 0.29) is 24.0 Å². The monoisotopic (exact) mass is 340 g/mol. The number of alkyl halides is 3. The molecular formula is C14H17ClF4N2O. The summed E-state index contributed by atoms with van der Waals surface area (Å²) < 4.78 is 51.3. The molecule has 1 aliphatic heterocycles. The van der Waals surface area contributed by atoms with E-state index in [1.54, 1.807) is 0 Å². The molecule has 1 aromatic rings. The van der Waals surface area contributed by atoms with Crippen LogP contribution in [0.15, 0.2) is 18.2 Å². The fourth-order valence-corrected chi connectivity index (χ4v) is 2.44. The summed E-state index contributed by atoms with van der Waals surface area (Å²) in [4.78, 5) is 13.6. The van der Waals surface area contributed by atoms with Gasteiger partial charge in [0.05, 0.1) is 5.56 Å². The van der Waals surface area contributed by atoms with Crippen LogP contribution in [0.4, 0.5) is 17.6 Å². The highest BCUT2D eigenvalue weighted by Crippen LogP contribution is 2.30. The maximum Gasteiger partial charge on any atom is 0.416 e. The Labute approximate surface area is 132 Å². The number of nitrogens with zero attached hydrogens (tertiary/aromatic N) is 1. The van der Waals surface area contributed by atoms with Gasteiger partial charge in [0.2, 0.25) is 0 Å². The van der Waals surface area contributed by atoms with Gasteiger partial charge in [-0.1, -0.05) is 0 Å². The second-order valence-electron chi connectivity index (χ2n) is 5.12. The van der Waals surface area contributed by atoms with Crippen molar-refractivity contribution in [2.45, 2.75) is 25.1 Å². The number of nitrogens with one attached hydrogen (secondary N) is 1. The summed E-state index contributed by atoms with van der Waals surface area (Å²) >= 11 is 0. The topological polar surface area (TPSA) is 32.3 Å². The quantitative estimate of drug-likeness (QED) is 0.839. The van der Waals surface area contributed by atoms with Gasteiger partial charge in [-0.3, -0.25) is 4.79 Å². The first kappa shape index (κ1) is 18.7. The molecule has 0 bridgehead atoms. The summed E-state index contributed by atoms with van der Waals surface area (Å²) in [5.74, 6) is -1.65. The fourth-order valence-electron chi connectivity index (χ4n) is 2.44. The molecule has 0 saturated carbocycles. The second-order valence-corrected chi connectivity index (χ2v) is 5.12. The van der Waals surface area contributed by atoms with Crippen LogP contribution in [0.3, 0.4) is 0 Å². The van der Waals surface area contributed by atoms with Crippen LogP contribution in [0.2, 0.25) is 0 Å². The van der Waals surface area contributed by atoms with E-state index < -0.39 is 23.5 Å². The summed E-state index contributed by atoms with van der Waals surface area (Å²) in [5, 5.41) is 3.14. The van der Waals surface area contributed by atoms with Crippen LogP contribution in [0.1, 0.15) is 28.8 Å². The molecule has 1 N–H and O–H groups in total. The standard InChI is InChI=1S/C14H16F4N2O.ClH/c1-20(12-2-4-19-5-3-12)13(21)9-6-10(14(16,17)18)8-11(15)7-9;/h6-8,12,19H,2-5H2,1H3;1H. The molecule has 0 aliphatic carbocycles. The highest BCUT2D eigenvalue weighted by Gasteiger charge is 2.32. The number of carbonyl (C=O) groups excluding carboxylic acids is 1. The van der Waals surface area contributed by atoms with Crippen molar-refractivity contribution in [3.63, 3.8) is 0 Å². The van der Waals surface area contributed by atoms with Crippen molar-refractivity contribution in [1.29, 1.82) is 0 Å². The Hall–Kier alpha value is -1.34. The first-order valence-corrected chi connectivity index (χ1v) is 6.64. The molecule has 1 heterocycles. The van der Waals surface area contributed by atoms with E-state index in [9.17, 15) is 22.4 Å². The molecule has 0 aromatic heterocycles. The van der Waals surface area contributed by atoms with Gasteiger partial charge in [0.25, 0.3) is 5.91 Å². The normalized spacial score (nSPS) is 16.0. The first-order valence-electron chi connectivity index (χ1n) is 6.64. The first-order chi connectivity index (χ1) is 9.79. The van der Waals surface area contributed by atoms with Crippen LogP contribution in [0, 0.1) is 5.82 Å². The number of hydrogen-bond acceptors (Lipinski definition) is 2. The molecule has 2 rings (SSSR count). The van der Waals surface area contributed by atoms with Gasteiger partial charge in [-0.25, -0.2) is 4.39 Å². The van der Waals surface area contributed by atoms with Gasteiger partial charge in [0.15, 0.2) is 0 Å². The van der Waals surface area contributed by atoms with E-state index in [2.05, 4.69) is 5.32 Å². The van der Waals surface area contributed by atoms with Gasteiger partial charge in [-0.15, -0.1) is 12.4 Å². The maximum atomic E-state index is 13.3. The van der Waals surface area contributed by atoms with Crippen LogP contribution in [-0.2, 0) is 6.18 Å². The molecule has 1 aromatic carbocycles. The Bertz CT molecular complexity index is 530. The van der Waals surface area contributed by atoms with Crippen molar-refractivity contribution in [3.05, 3.63) is 35.1 Å². The lowest BCUT2D eigenvalue weighted by Crippen LogP contribution is -2.44. The van der Waals surface area contributed by atoms with Gasteiger partial charge >= 0.3 is 6.18 Å². The minimum Gasteiger partial charge on any atom is -0.339 e. The van der Waals surface area contributed by atoms with E-state index >= 15 is 0 Å². The fraction of sp³-hybridized carbons (Fsp3) is 0.500. The molecule has 1 aliphatic rings. The van der Waals surface area contributed by atoms with Gasteiger partial charge in [-0.2, -0.15) is 13.2 Å². The number of hydrogen-bond donors (Lipinski definition) is 1. The average Bonchev–Trinajstić information content (AvgIpc) is 2.45. The van der Waals surface area contributed by atoms with Crippen molar-refractivity contribution in [3.8, 4) is 0 Å². The van der Waals surface area contributed by atoms with Gasteiger partial charge in [-0.05, 0) is 44.1 Å². The van der Waals surface area contributed by atoms with Crippen LogP contribution >= 0.6 is 12.4 Å². The Morgan fingerprint density at radius 1 is 1.23 bits per heavy atom. The van der Waals surface area contributed by atoms with E-state index in [1.807, 2.05) is 0 Å². The molecule has 0 unspecified atom stereocenters. The predicted molar refractivity (Wildman–Crippen MR) is 76.6 cm³/mol. The van der Waals surface area contributed by atoms with Gasteiger partial charge < -0.3 is 10.2 Å². The summed E-state index contributed by atoms with van der Waals surface area (Å²) in [6.45, 7) is 1.50. The van der Waals surface area contributed by atoms with Gasteiger partial charge in [0.1, 0.15) is 5.82 Å². The highest BCUT2D eigenvalue weighted by atomic mass is 35.5. The summed E-state index contributed by atoms with van der Waals surface area (Å²) in [7, 11) is 1.54. The van der Waals surface area contributed by atoms with E-state index in [1.165, 1.54) is 11.9 Å². The van der Waals surface area contributed by atoms with Crippen molar-refractivity contribution >= 4 is 18.3 Å². The third-order valence-electron chi connectivity index (χ3n) is 3.65. The van der Waals surface area contributed by atoms with E-state index in [0.717, 1.165) is 32.0 Å². The minimum atomic E-state index is -4.68. The van der Waals surface area contributed by atoms with Crippen molar-refractivity contribution < 1.29 is 22.4 Å². The zero-order chi connectivity index (χ0) is 15.6. The molecule has 3 nitrogen and oxygen atoms in total. The Morgan fingerprint density at radius 3 is 2.36 bits per heavy atom. The van der Waals surface area contributed by atoms with Gasteiger partial charge in [0, 0.05) is 18.7 Å². The average molecular weight is 341 g/mol. The largest absolute Gasteiger partial charge is 0.416 e. The molecule has 1 amide bonds. The van der Waals surface area contributed by atoms with Crippen molar-refractivity contribution in [1.82, 2.24) is 10.2 Å². The molecule has 22 heavy (non-hydrogen) atoms. The summed E-state index contributed by atoms with van der Waals surface area (Å²) in [6, 6.07) is 1.88. The molecule has 1 saturated heterocycles.